The lowest BCUT2D eigenvalue weighted by Gasteiger charge is -2.42. The lowest BCUT2D eigenvalue weighted by atomic mass is 9.35. The number of rotatable bonds is 8. The molecule has 0 radical (unpaired) electrons. The van der Waals surface area contributed by atoms with E-state index in [4.69, 9.17) is 4.98 Å². The van der Waals surface area contributed by atoms with Crippen LogP contribution in [0.2, 0.25) is 0 Å². The molecule has 12 rings (SSSR count). The van der Waals surface area contributed by atoms with Crippen molar-refractivity contribution in [3.05, 3.63) is 235 Å². The van der Waals surface area contributed by atoms with Crippen molar-refractivity contribution in [1.82, 2.24) is 9.38 Å². The SMILES string of the molecule is CC(C)(C)c1ccc(N(c2ccc(C(C)(C)C)cc2)c2ccc3c(c2)N(c2ccccc2)c2cccc4c2B3c2nc3cc(N(c5ccc(C(C)(C)C)cc5)c5ccc(C(C)(C)C)cc5)ccn3c2N4c2ccccc2)cc1. The summed E-state index contributed by atoms with van der Waals surface area (Å²) in [5.74, 6) is 1.04. The normalized spacial score (nSPS) is 13.3. The summed E-state index contributed by atoms with van der Waals surface area (Å²) in [5, 5.41) is 0. The summed E-state index contributed by atoms with van der Waals surface area (Å²) in [6, 6.07) is 76.7. The lowest BCUT2D eigenvalue weighted by molar-refractivity contribution is 0.590. The number of benzene rings is 8. The Kier molecular flexibility index (Phi) is 12.1. The second kappa shape index (κ2) is 18.7. The van der Waals surface area contributed by atoms with Gasteiger partial charge in [-0.3, -0.25) is 9.30 Å². The van der Waals surface area contributed by atoms with Crippen LogP contribution in [0.3, 0.4) is 0 Å². The van der Waals surface area contributed by atoms with Gasteiger partial charge in [-0.05, 0) is 158 Å². The second-order valence-electron chi connectivity index (χ2n) is 25.5. The third-order valence-corrected chi connectivity index (χ3v) is 16.0. The van der Waals surface area contributed by atoms with Crippen LogP contribution in [0.1, 0.15) is 105 Å². The number of para-hydroxylation sites is 2. The third kappa shape index (κ3) is 8.93. The molecule has 7 heteroatoms. The molecule has 388 valence electrons. The summed E-state index contributed by atoms with van der Waals surface area (Å²) in [6.07, 6.45) is 2.23. The zero-order valence-electron chi connectivity index (χ0n) is 47.5. The third-order valence-electron chi connectivity index (χ3n) is 16.0. The number of hydrogen-bond donors (Lipinski definition) is 0. The number of hydrogen-bond acceptors (Lipinski definition) is 5. The van der Waals surface area contributed by atoms with Crippen molar-refractivity contribution >= 4 is 97.3 Å². The first-order valence-electron chi connectivity index (χ1n) is 27.7. The standard InChI is InChI=1S/C71H71BN6/c1-68(2,3)48-26-34-54(35-27-48)75(55-36-28-49(29-37-55)69(4,5)6)58-42-43-60-63(46-58)77(52-20-15-13-16-21-52)61-24-19-25-62-65(61)72(60)66-67(78(62)53-22-17-14-18-23-53)74-45-44-59(47-64(74)73-66)76(56-38-30-50(31-39-56)70(7,8)9)57-40-32-51(33-41-57)71(10,11)12/h13-47H,1-12H3. The fraction of sp³-hybridized carbons (Fsp3) is 0.225. The van der Waals surface area contributed by atoms with E-state index in [2.05, 4.69) is 320 Å². The average molecular weight is 1020 g/mol. The molecule has 4 heterocycles. The van der Waals surface area contributed by atoms with Crippen LogP contribution in [-0.2, 0) is 21.7 Å². The van der Waals surface area contributed by atoms with Crippen LogP contribution in [0.5, 0.6) is 0 Å². The lowest BCUT2D eigenvalue weighted by Crippen LogP contribution is -2.61. The first-order valence-corrected chi connectivity index (χ1v) is 27.7. The van der Waals surface area contributed by atoms with E-state index in [1.165, 1.54) is 33.2 Å². The Bertz CT molecular complexity index is 3700. The highest BCUT2D eigenvalue weighted by atomic mass is 15.3. The molecule has 10 aromatic rings. The maximum Gasteiger partial charge on any atom is 0.277 e. The minimum absolute atomic E-state index is 0.0243. The first-order chi connectivity index (χ1) is 37.2. The molecule has 2 aliphatic heterocycles. The highest BCUT2D eigenvalue weighted by Crippen LogP contribution is 2.47. The molecular weight excluding hydrogens is 948 g/mol. The number of anilines is 12. The largest absolute Gasteiger partial charge is 0.311 e. The van der Waals surface area contributed by atoms with E-state index in [0.29, 0.717) is 0 Å². The molecule has 2 aliphatic rings. The van der Waals surface area contributed by atoms with Gasteiger partial charge in [0.25, 0.3) is 6.71 Å². The molecule has 0 aliphatic carbocycles. The number of aromatic nitrogens is 2. The van der Waals surface area contributed by atoms with Crippen molar-refractivity contribution in [2.45, 2.75) is 105 Å². The van der Waals surface area contributed by atoms with Crippen molar-refractivity contribution < 1.29 is 0 Å². The molecule has 0 bridgehead atoms. The van der Waals surface area contributed by atoms with Gasteiger partial charge < -0.3 is 14.7 Å². The maximum atomic E-state index is 5.85. The highest BCUT2D eigenvalue weighted by Gasteiger charge is 2.46. The van der Waals surface area contributed by atoms with Gasteiger partial charge in [0.15, 0.2) is 0 Å². The van der Waals surface area contributed by atoms with Gasteiger partial charge in [-0.1, -0.05) is 180 Å². The molecule has 0 atom stereocenters. The molecule has 0 saturated carbocycles. The van der Waals surface area contributed by atoms with Crippen LogP contribution in [0.4, 0.5) is 68.4 Å². The fourth-order valence-electron chi connectivity index (χ4n) is 11.6. The van der Waals surface area contributed by atoms with Gasteiger partial charge in [0.05, 0.1) is 11.3 Å². The Morgan fingerprint density at radius 2 is 0.744 bits per heavy atom. The summed E-state index contributed by atoms with van der Waals surface area (Å²) in [4.78, 5) is 15.6. The molecular formula is C71H71BN6. The zero-order chi connectivity index (χ0) is 54.5. The summed E-state index contributed by atoms with van der Waals surface area (Å²) in [6.45, 7) is 27.1. The number of fused-ring (bicyclic) bond motifs is 6. The average Bonchev–Trinajstić information content (AvgIpc) is 3.88. The minimum atomic E-state index is -0.185. The number of nitrogens with zero attached hydrogens (tertiary/aromatic N) is 6. The molecule has 0 fully saturated rings. The van der Waals surface area contributed by atoms with Crippen LogP contribution in [0, 0.1) is 0 Å². The summed E-state index contributed by atoms with van der Waals surface area (Å²) in [5.41, 5.74) is 21.7. The Labute approximate surface area is 463 Å². The van der Waals surface area contributed by atoms with Gasteiger partial charge in [-0.15, -0.1) is 0 Å². The molecule has 0 amide bonds. The highest BCUT2D eigenvalue weighted by molar-refractivity contribution is 7.00. The van der Waals surface area contributed by atoms with Crippen molar-refractivity contribution in [1.29, 1.82) is 0 Å². The fourth-order valence-corrected chi connectivity index (χ4v) is 11.6. The molecule has 0 saturated heterocycles. The summed E-state index contributed by atoms with van der Waals surface area (Å²) >= 11 is 0. The molecule has 6 nitrogen and oxygen atoms in total. The van der Waals surface area contributed by atoms with E-state index in [0.717, 1.165) is 79.6 Å². The van der Waals surface area contributed by atoms with E-state index in [1.807, 2.05) is 0 Å². The molecule has 0 spiro atoms. The van der Waals surface area contributed by atoms with Crippen molar-refractivity contribution in [2.75, 3.05) is 19.6 Å². The molecule has 78 heavy (non-hydrogen) atoms. The molecule has 8 aromatic carbocycles. The Morgan fingerprint density at radius 1 is 0.359 bits per heavy atom. The van der Waals surface area contributed by atoms with E-state index in [-0.39, 0.29) is 28.4 Å². The molecule has 0 N–H and O–H groups in total. The maximum absolute atomic E-state index is 5.85. The van der Waals surface area contributed by atoms with Crippen LogP contribution in [0.25, 0.3) is 5.65 Å². The number of pyridine rings is 1. The summed E-state index contributed by atoms with van der Waals surface area (Å²) in [7, 11) is 0. The van der Waals surface area contributed by atoms with E-state index in [9.17, 15) is 0 Å². The van der Waals surface area contributed by atoms with Gasteiger partial charge in [0.2, 0.25) is 0 Å². The van der Waals surface area contributed by atoms with E-state index in [1.54, 1.807) is 0 Å². The minimum Gasteiger partial charge on any atom is -0.311 e. The second-order valence-corrected chi connectivity index (χ2v) is 25.5. The van der Waals surface area contributed by atoms with Crippen molar-refractivity contribution in [3.8, 4) is 0 Å². The van der Waals surface area contributed by atoms with Gasteiger partial charge in [0, 0.05) is 69.1 Å². The predicted octanol–water partition coefficient (Wildman–Crippen LogP) is 17.5. The Morgan fingerprint density at radius 3 is 1.17 bits per heavy atom. The first kappa shape index (κ1) is 50.5. The van der Waals surface area contributed by atoms with Crippen molar-refractivity contribution in [3.63, 3.8) is 0 Å². The van der Waals surface area contributed by atoms with Gasteiger partial charge >= 0.3 is 0 Å². The zero-order valence-corrected chi connectivity index (χ0v) is 47.5. The van der Waals surface area contributed by atoms with Crippen LogP contribution < -0.4 is 36.1 Å². The molecule has 0 unspecified atom stereocenters. The smallest absolute Gasteiger partial charge is 0.277 e. The molecule has 2 aromatic heterocycles. The van der Waals surface area contributed by atoms with Crippen molar-refractivity contribution in [2.24, 2.45) is 0 Å². The van der Waals surface area contributed by atoms with Gasteiger partial charge in [0.1, 0.15) is 11.5 Å². The van der Waals surface area contributed by atoms with E-state index < -0.39 is 0 Å². The van der Waals surface area contributed by atoms with Gasteiger partial charge in [-0.25, -0.2) is 4.98 Å². The topological polar surface area (TPSA) is 30.3 Å². The van der Waals surface area contributed by atoms with E-state index >= 15 is 0 Å². The van der Waals surface area contributed by atoms with Crippen LogP contribution in [0.15, 0.2) is 212 Å². The predicted molar refractivity (Wildman–Crippen MR) is 333 cm³/mol. The Balaban J connectivity index is 1.08. The van der Waals surface area contributed by atoms with Crippen LogP contribution >= 0.6 is 0 Å². The quantitative estimate of drug-likeness (QED) is 0.142. The summed E-state index contributed by atoms with van der Waals surface area (Å²) < 4.78 is 2.31. The van der Waals surface area contributed by atoms with Crippen LogP contribution in [-0.4, -0.2) is 16.1 Å². The monoisotopic (exact) mass is 1020 g/mol. The number of imidazole rings is 1. The Hall–Kier alpha value is -8.29. The van der Waals surface area contributed by atoms with Gasteiger partial charge in [-0.2, -0.15) is 0 Å².